The summed E-state index contributed by atoms with van der Waals surface area (Å²) in [5, 5.41) is 3.28. The normalized spacial score (nSPS) is 12.7. The lowest BCUT2D eigenvalue weighted by Crippen LogP contribution is -2.05. The number of rotatable bonds is 3. The van der Waals surface area contributed by atoms with Crippen molar-refractivity contribution in [3.05, 3.63) is 33.2 Å². The molecular weight excluding hydrogens is 230 g/mol. The van der Waals surface area contributed by atoms with Crippen LogP contribution in [0.5, 0.6) is 0 Å². The highest BCUT2D eigenvalue weighted by molar-refractivity contribution is 7.16. The van der Waals surface area contributed by atoms with Crippen LogP contribution in [-0.2, 0) is 0 Å². The van der Waals surface area contributed by atoms with Crippen molar-refractivity contribution in [1.82, 2.24) is 9.97 Å². The Morgan fingerprint density at radius 1 is 1.53 bits per heavy atom. The van der Waals surface area contributed by atoms with Gasteiger partial charge in [0, 0.05) is 16.8 Å². The quantitative estimate of drug-likeness (QED) is 0.862. The van der Waals surface area contributed by atoms with Crippen molar-refractivity contribution < 1.29 is 0 Å². The first-order valence-electron chi connectivity index (χ1n) is 4.68. The molecule has 0 saturated carbocycles. The first kappa shape index (κ1) is 10.5. The maximum absolute atomic E-state index is 5.88. The van der Waals surface area contributed by atoms with Crippen molar-refractivity contribution in [2.45, 2.75) is 19.9 Å². The molecule has 0 bridgehead atoms. The van der Waals surface area contributed by atoms with Crippen LogP contribution >= 0.6 is 22.9 Å². The van der Waals surface area contributed by atoms with Crippen molar-refractivity contribution in [2.75, 3.05) is 5.32 Å². The number of nitrogens with zero attached hydrogens (tertiary/aromatic N) is 1. The van der Waals surface area contributed by atoms with E-state index in [-0.39, 0.29) is 6.04 Å². The minimum atomic E-state index is 0.216. The highest BCUT2D eigenvalue weighted by atomic mass is 35.5. The number of imidazole rings is 1. The number of H-pyrrole nitrogens is 1. The van der Waals surface area contributed by atoms with Gasteiger partial charge in [0.25, 0.3) is 0 Å². The molecule has 0 fully saturated rings. The number of aromatic amines is 1. The molecule has 2 N–H and O–H groups in total. The van der Waals surface area contributed by atoms with Crippen LogP contribution in [0.15, 0.2) is 18.3 Å². The van der Waals surface area contributed by atoms with Crippen LogP contribution in [0.1, 0.15) is 23.5 Å². The first-order valence-corrected chi connectivity index (χ1v) is 5.88. The molecule has 0 aliphatic carbocycles. The smallest absolute Gasteiger partial charge is 0.200 e. The van der Waals surface area contributed by atoms with Crippen LogP contribution in [0.25, 0.3) is 0 Å². The molecule has 5 heteroatoms. The van der Waals surface area contributed by atoms with Gasteiger partial charge in [0.2, 0.25) is 5.95 Å². The highest BCUT2D eigenvalue weighted by Gasteiger charge is 2.09. The van der Waals surface area contributed by atoms with Gasteiger partial charge in [0.1, 0.15) is 0 Å². The Morgan fingerprint density at radius 2 is 2.33 bits per heavy atom. The lowest BCUT2D eigenvalue weighted by Gasteiger charge is -2.10. The van der Waals surface area contributed by atoms with Crippen LogP contribution in [0, 0.1) is 6.92 Å². The summed E-state index contributed by atoms with van der Waals surface area (Å²) < 4.78 is 0.814. The van der Waals surface area contributed by atoms with Crippen LogP contribution in [-0.4, -0.2) is 9.97 Å². The van der Waals surface area contributed by atoms with Gasteiger partial charge in [0.05, 0.1) is 10.4 Å². The Morgan fingerprint density at radius 3 is 2.87 bits per heavy atom. The lowest BCUT2D eigenvalue weighted by atomic mass is 10.3. The van der Waals surface area contributed by atoms with E-state index in [4.69, 9.17) is 11.6 Å². The lowest BCUT2D eigenvalue weighted by molar-refractivity contribution is 0.887. The van der Waals surface area contributed by atoms with Gasteiger partial charge in [0.15, 0.2) is 0 Å². The molecule has 0 amide bonds. The Hall–Kier alpha value is -1.00. The van der Waals surface area contributed by atoms with Crippen LogP contribution in [0.4, 0.5) is 5.95 Å². The van der Waals surface area contributed by atoms with E-state index in [9.17, 15) is 0 Å². The van der Waals surface area contributed by atoms with Gasteiger partial charge in [-0.3, -0.25) is 0 Å². The number of anilines is 1. The predicted octanol–water partition coefficient (Wildman–Crippen LogP) is 3.61. The second kappa shape index (κ2) is 4.24. The Labute approximate surface area is 97.5 Å². The van der Waals surface area contributed by atoms with Crippen molar-refractivity contribution in [3.63, 3.8) is 0 Å². The zero-order chi connectivity index (χ0) is 10.8. The fourth-order valence-corrected chi connectivity index (χ4v) is 2.39. The molecule has 0 spiro atoms. The average Bonchev–Trinajstić information content (AvgIpc) is 2.75. The zero-order valence-corrected chi connectivity index (χ0v) is 10.1. The summed E-state index contributed by atoms with van der Waals surface area (Å²) in [6.07, 6.45) is 1.80. The molecular formula is C10H12ClN3S. The van der Waals surface area contributed by atoms with Crippen molar-refractivity contribution >= 4 is 28.9 Å². The third kappa shape index (κ3) is 2.52. The molecule has 0 aliphatic rings. The standard InChI is InChI=1S/C10H12ClN3S/c1-6-5-12-10(13-6)14-7(2)8-3-4-9(11)15-8/h3-5,7H,1-2H3,(H2,12,13,14). The van der Waals surface area contributed by atoms with Crippen molar-refractivity contribution in [3.8, 4) is 0 Å². The third-order valence-electron chi connectivity index (χ3n) is 2.08. The van der Waals surface area contributed by atoms with Crippen molar-refractivity contribution in [1.29, 1.82) is 0 Å². The van der Waals surface area contributed by atoms with E-state index < -0.39 is 0 Å². The molecule has 3 nitrogen and oxygen atoms in total. The largest absolute Gasteiger partial charge is 0.348 e. The summed E-state index contributed by atoms with van der Waals surface area (Å²) in [4.78, 5) is 8.53. The molecule has 0 radical (unpaired) electrons. The summed E-state index contributed by atoms with van der Waals surface area (Å²) in [5.74, 6) is 0.796. The van der Waals surface area contributed by atoms with Gasteiger partial charge in [-0.2, -0.15) is 0 Å². The monoisotopic (exact) mass is 241 g/mol. The van der Waals surface area contributed by atoms with E-state index >= 15 is 0 Å². The van der Waals surface area contributed by atoms with E-state index in [1.54, 1.807) is 17.5 Å². The molecule has 1 atom stereocenters. The van der Waals surface area contributed by atoms with E-state index in [1.165, 1.54) is 4.88 Å². The summed E-state index contributed by atoms with van der Waals surface area (Å²) in [7, 11) is 0. The molecule has 15 heavy (non-hydrogen) atoms. The molecule has 0 aromatic carbocycles. The number of aryl methyl sites for hydroxylation is 1. The molecule has 2 rings (SSSR count). The molecule has 1 unspecified atom stereocenters. The Balaban J connectivity index is 2.06. The summed E-state index contributed by atoms with van der Waals surface area (Å²) >= 11 is 7.46. The Kier molecular flexibility index (Phi) is 2.98. The third-order valence-corrected chi connectivity index (χ3v) is 3.49. The minimum absolute atomic E-state index is 0.216. The van der Waals surface area contributed by atoms with E-state index in [1.807, 2.05) is 19.1 Å². The predicted molar refractivity (Wildman–Crippen MR) is 64.7 cm³/mol. The van der Waals surface area contributed by atoms with Gasteiger partial charge in [-0.15, -0.1) is 11.3 Å². The summed E-state index contributed by atoms with van der Waals surface area (Å²) in [6, 6.07) is 4.15. The van der Waals surface area contributed by atoms with Gasteiger partial charge in [-0.1, -0.05) is 11.6 Å². The van der Waals surface area contributed by atoms with Gasteiger partial charge in [-0.05, 0) is 26.0 Å². The number of nitrogens with one attached hydrogen (secondary N) is 2. The molecule has 80 valence electrons. The Bertz CT molecular complexity index is 449. The molecule has 0 aliphatic heterocycles. The number of hydrogen-bond acceptors (Lipinski definition) is 3. The number of aromatic nitrogens is 2. The highest BCUT2D eigenvalue weighted by Crippen LogP contribution is 2.28. The topological polar surface area (TPSA) is 40.7 Å². The SMILES string of the molecule is Cc1cnc(NC(C)c2ccc(Cl)s2)[nH]1. The van der Waals surface area contributed by atoms with Crippen LogP contribution < -0.4 is 5.32 Å². The van der Waals surface area contributed by atoms with Gasteiger partial charge in [-0.25, -0.2) is 4.98 Å². The number of hydrogen-bond donors (Lipinski definition) is 2. The number of halogens is 1. The second-order valence-corrected chi connectivity index (χ2v) is 5.17. The molecule has 2 heterocycles. The molecule has 0 saturated heterocycles. The van der Waals surface area contributed by atoms with Crippen molar-refractivity contribution in [2.24, 2.45) is 0 Å². The van der Waals surface area contributed by atoms with E-state index in [2.05, 4.69) is 22.2 Å². The second-order valence-electron chi connectivity index (χ2n) is 3.42. The van der Waals surface area contributed by atoms with E-state index in [0.29, 0.717) is 0 Å². The van der Waals surface area contributed by atoms with Crippen LogP contribution in [0.2, 0.25) is 4.34 Å². The molecule has 2 aromatic rings. The zero-order valence-electron chi connectivity index (χ0n) is 8.54. The maximum Gasteiger partial charge on any atom is 0.200 e. The van der Waals surface area contributed by atoms with Gasteiger partial charge < -0.3 is 10.3 Å². The molecule has 2 aromatic heterocycles. The number of thiophene rings is 1. The summed E-state index contributed by atoms with van der Waals surface area (Å²) in [6.45, 7) is 4.06. The fourth-order valence-electron chi connectivity index (χ4n) is 1.32. The maximum atomic E-state index is 5.88. The fraction of sp³-hybridized carbons (Fsp3) is 0.300. The average molecular weight is 242 g/mol. The van der Waals surface area contributed by atoms with Crippen LogP contribution in [0.3, 0.4) is 0 Å². The summed E-state index contributed by atoms with van der Waals surface area (Å²) in [5.41, 5.74) is 1.05. The van der Waals surface area contributed by atoms with E-state index in [0.717, 1.165) is 16.0 Å². The minimum Gasteiger partial charge on any atom is -0.348 e. The van der Waals surface area contributed by atoms with Gasteiger partial charge >= 0.3 is 0 Å². The first-order chi connectivity index (χ1) is 7.15.